The van der Waals surface area contributed by atoms with Crippen molar-refractivity contribution in [2.24, 2.45) is 5.92 Å². The van der Waals surface area contributed by atoms with Gasteiger partial charge in [-0.2, -0.15) is 10.2 Å². The van der Waals surface area contributed by atoms with Crippen LogP contribution in [0.3, 0.4) is 0 Å². The van der Waals surface area contributed by atoms with Gasteiger partial charge in [0.2, 0.25) is 0 Å². The van der Waals surface area contributed by atoms with E-state index >= 15 is 0 Å². The SMILES string of the molecule is Clc1ccc(CC(Cn2cncn2)Cn2cncn2)cc1.O=[N+]([O-])O.O=[N+]([O-])O. The molecule has 0 aliphatic rings. The topological polar surface area (TPSA) is 188 Å². The van der Waals surface area contributed by atoms with Crippen LogP contribution < -0.4 is 0 Å². The van der Waals surface area contributed by atoms with E-state index in [-0.39, 0.29) is 0 Å². The quantitative estimate of drug-likeness (QED) is 0.428. The van der Waals surface area contributed by atoms with Crippen LogP contribution in [0.15, 0.2) is 49.6 Å². The van der Waals surface area contributed by atoms with Crippen LogP contribution in [0.4, 0.5) is 0 Å². The van der Waals surface area contributed by atoms with E-state index in [0.29, 0.717) is 5.92 Å². The van der Waals surface area contributed by atoms with Crippen molar-refractivity contribution >= 4 is 11.6 Å². The standard InChI is InChI=1S/C14H15ClN6.2HNO3/c15-14-3-1-12(2-4-14)5-13(6-20-10-16-8-18-20)7-21-11-17-9-19-21;2*2-1(3)4/h1-4,8-11,13H,5-7H2;2*(H,2,3,4). The molecule has 1 aromatic carbocycles. The summed E-state index contributed by atoms with van der Waals surface area (Å²) in [4.78, 5) is 24.7. The van der Waals surface area contributed by atoms with Crippen molar-refractivity contribution in [3.8, 4) is 0 Å². The number of rotatable bonds is 6. The summed E-state index contributed by atoms with van der Waals surface area (Å²) >= 11 is 5.93. The third kappa shape index (κ3) is 11.5. The summed E-state index contributed by atoms with van der Waals surface area (Å²) in [7, 11) is 0. The van der Waals surface area contributed by atoms with Crippen molar-refractivity contribution in [3.05, 3.63) is 80.4 Å². The lowest BCUT2D eigenvalue weighted by Gasteiger charge is -2.16. The summed E-state index contributed by atoms with van der Waals surface area (Å²) in [6.45, 7) is 1.56. The number of halogens is 1. The molecular weight excluding hydrogens is 412 g/mol. The third-order valence-electron chi connectivity index (χ3n) is 3.26. The first-order valence-corrected chi connectivity index (χ1v) is 8.19. The summed E-state index contributed by atoms with van der Waals surface area (Å²) in [5.74, 6) is 0.342. The van der Waals surface area contributed by atoms with Gasteiger partial charge in [-0.05, 0) is 24.1 Å². The molecule has 0 atom stereocenters. The molecular formula is C14H17ClN8O6. The third-order valence-corrected chi connectivity index (χ3v) is 3.51. The molecule has 0 aliphatic carbocycles. The molecule has 0 aliphatic heterocycles. The minimum absolute atomic E-state index is 0.342. The van der Waals surface area contributed by atoms with E-state index in [2.05, 4.69) is 32.3 Å². The van der Waals surface area contributed by atoms with Gasteiger partial charge in [0, 0.05) is 24.0 Å². The fourth-order valence-electron chi connectivity index (χ4n) is 2.32. The van der Waals surface area contributed by atoms with Crippen LogP contribution in [0.1, 0.15) is 5.56 Å². The van der Waals surface area contributed by atoms with Crippen molar-refractivity contribution in [1.82, 2.24) is 29.5 Å². The lowest BCUT2D eigenvalue weighted by atomic mass is 9.99. The van der Waals surface area contributed by atoms with Crippen LogP contribution in [0, 0.1) is 26.1 Å². The van der Waals surface area contributed by atoms with Gasteiger partial charge in [0.05, 0.1) is 0 Å². The number of nitrogens with zero attached hydrogens (tertiary/aromatic N) is 8. The van der Waals surface area contributed by atoms with Crippen molar-refractivity contribution in [2.45, 2.75) is 19.5 Å². The molecule has 2 heterocycles. The lowest BCUT2D eigenvalue weighted by Crippen LogP contribution is -2.20. The molecule has 0 saturated carbocycles. The summed E-state index contributed by atoms with van der Waals surface area (Å²) in [5.41, 5.74) is 1.24. The van der Waals surface area contributed by atoms with Gasteiger partial charge >= 0.3 is 0 Å². The average Bonchev–Trinajstić information content (AvgIpc) is 3.30. The molecule has 0 bridgehead atoms. The van der Waals surface area contributed by atoms with Gasteiger partial charge in [0.15, 0.2) is 0 Å². The van der Waals surface area contributed by atoms with Gasteiger partial charge in [-0.15, -0.1) is 20.2 Å². The number of aromatic nitrogens is 6. The fraction of sp³-hybridized carbons (Fsp3) is 0.286. The molecule has 0 radical (unpaired) electrons. The zero-order chi connectivity index (χ0) is 21.6. The number of hydrogen-bond donors (Lipinski definition) is 2. The largest absolute Gasteiger partial charge is 0.328 e. The zero-order valence-corrected chi connectivity index (χ0v) is 15.6. The maximum Gasteiger partial charge on any atom is 0.291 e. The van der Waals surface area contributed by atoms with Crippen molar-refractivity contribution in [2.75, 3.05) is 0 Å². The Morgan fingerprint density at radius 2 is 1.34 bits per heavy atom. The van der Waals surface area contributed by atoms with E-state index in [0.717, 1.165) is 24.5 Å². The first-order valence-electron chi connectivity index (χ1n) is 7.82. The van der Waals surface area contributed by atoms with E-state index in [1.807, 2.05) is 21.5 Å². The van der Waals surface area contributed by atoms with Crippen molar-refractivity contribution in [3.63, 3.8) is 0 Å². The van der Waals surface area contributed by atoms with E-state index in [9.17, 15) is 0 Å². The van der Waals surface area contributed by atoms with Crippen LogP contribution >= 0.6 is 11.6 Å². The average molecular weight is 429 g/mol. The summed E-state index contributed by atoms with van der Waals surface area (Å²) in [6.07, 6.45) is 7.48. The number of benzene rings is 1. The Bertz CT molecular complexity index is 787. The van der Waals surface area contributed by atoms with Crippen molar-refractivity contribution < 1.29 is 20.6 Å². The summed E-state index contributed by atoms with van der Waals surface area (Å²) in [5, 5.41) is 36.4. The first kappa shape index (κ1) is 23.2. The minimum Gasteiger partial charge on any atom is -0.328 e. The molecule has 14 nitrogen and oxygen atoms in total. The maximum atomic E-state index is 8.36. The Labute approximate surface area is 168 Å². The second kappa shape index (κ2) is 12.6. The Balaban J connectivity index is 0.000000452. The molecule has 2 N–H and O–H groups in total. The normalized spacial score (nSPS) is 9.72. The predicted octanol–water partition coefficient (Wildman–Crippen LogP) is 1.39. The fourth-order valence-corrected chi connectivity index (χ4v) is 2.45. The second-order valence-corrected chi connectivity index (χ2v) is 5.84. The summed E-state index contributed by atoms with van der Waals surface area (Å²) in [6, 6.07) is 7.94. The molecule has 15 heteroatoms. The molecule has 3 aromatic rings. The molecule has 2 aromatic heterocycles. The van der Waals surface area contributed by atoms with Crippen LogP contribution in [0.25, 0.3) is 0 Å². The van der Waals surface area contributed by atoms with Crippen LogP contribution in [-0.4, -0.2) is 50.1 Å². The van der Waals surface area contributed by atoms with Gasteiger partial charge in [0.25, 0.3) is 10.2 Å². The highest BCUT2D eigenvalue weighted by atomic mass is 35.5. The smallest absolute Gasteiger partial charge is 0.291 e. The van der Waals surface area contributed by atoms with Gasteiger partial charge in [-0.1, -0.05) is 23.7 Å². The number of hydrogen-bond acceptors (Lipinski definition) is 8. The predicted molar refractivity (Wildman–Crippen MR) is 96.3 cm³/mol. The van der Waals surface area contributed by atoms with E-state index in [1.165, 1.54) is 5.56 Å². The Morgan fingerprint density at radius 1 is 0.931 bits per heavy atom. The monoisotopic (exact) mass is 428 g/mol. The van der Waals surface area contributed by atoms with E-state index in [1.54, 1.807) is 25.3 Å². The Hall–Kier alpha value is -3.81. The van der Waals surface area contributed by atoms with E-state index in [4.69, 9.17) is 42.2 Å². The molecule has 0 fully saturated rings. The molecule has 0 amide bonds. The molecule has 0 spiro atoms. The van der Waals surface area contributed by atoms with Gasteiger partial charge in [-0.3, -0.25) is 9.36 Å². The molecule has 0 saturated heterocycles. The minimum atomic E-state index is -1.50. The molecule has 29 heavy (non-hydrogen) atoms. The van der Waals surface area contributed by atoms with E-state index < -0.39 is 10.2 Å². The van der Waals surface area contributed by atoms with Crippen LogP contribution in [-0.2, 0) is 19.5 Å². The van der Waals surface area contributed by atoms with Crippen molar-refractivity contribution in [1.29, 1.82) is 0 Å². The second-order valence-electron chi connectivity index (χ2n) is 5.41. The zero-order valence-electron chi connectivity index (χ0n) is 14.8. The maximum absolute atomic E-state index is 8.36. The van der Waals surface area contributed by atoms with Gasteiger partial charge < -0.3 is 10.4 Å². The molecule has 156 valence electrons. The molecule has 3 rings (SSSR count). The Kier molecular flexibility index (Phi) is 10.1. The molecule has 0 unspecified atom stereocenters. The van der Waals surface area contributed by atoms with Gasteiger partial charge in [-0.25, -0.2) is 9.97 Å². The summed E-state index contributed by atoms with van der Waals surface area (Å²) < 4.78 is 3.69. The first-order chi connectivity index (χ1) is 13.8. The Morgan fingerprint density at radius 3 is 1.69 bits per heavy atom. The van der Waals surface area contributed by atoms with Gasteiger partial charge in [0.1, 0.15) is 25.3 Å². The lowest BCUT2D eigenvalue weighted by molar-refractivity contribution is -0.742. The van der Waals surface area contributed by atoms with Crippen LogP contribution in [0.2, 0.25) is 5.02 Å². The highest BCUT2D eigenvalue weighted by Gasteiger charge is 2.13. The van der Waals surface area contributed by atoms with Crippen LogP contribution in [0.5, 0.6) is 0 Å². The highest BCUT2D eigenvalue weighted by molar-refractivity contribution is 6.30. The highest BCUT2D eigenvalue weighted by Crippen LogP contribution is 2.16.